The standard InChI is InChI=1S/C12H25N3O3S.ClH/c1-9(13)11-5-7-15(8-6-11)19(17,18)10(2)12(16)14(3)4;/h9-11H,5-8,13H2,1-4H3;1H. The van der Waals surface area contributed by atoms with Gasteiger partial charge in [0.25, 0.3) is 0 Å². The summed E-state index contributed by atoms with van der Waals surface area (Å²) in [6, 6.07) is 0.0886. The minimum absolute atomic E-state index is 0. The molecule has 2 atom stereocenters. The summed E-state index contributed by atoms with van der Waals surface area (Å²) in [7, 11) is -0.422. The van der Waals surface area contributed by atoms with Gasteiger partial charge in [-0.1, -0.05) is 0 Å². The molecule has 8 heteroatoms. The molecule has 1 heterocycles. The van der Waals surface area contributed by atoms with Gasteiger partial charge in [0.2, 0.25) is 15.9 Å². The van der Waals surface area contributed by atoms with Gasteiger partial charge in [-0.2, -0.15) is 0 Å². The maximum atomic E-state index is 12.4. The molecule has 0 aromatic rings. The maximum absolute atomic E-state index is 12.4. The van der Waals surface area contributed by atoms with Gasteiger partial charge in [-0.3, -0.25) is 4.79 Å². The number of amides is 1. The summed E-state index contributed by atoms with van der Waals surface area (Å²) in [5.41, 5.74) is 5.84. The highest BCUT2D eigenvalue weighted by Crippen LogP contribution is 2.23. The summed E-state index contributed by atoms with van der Waals surface area (Å²) >= 11 is 0. The first-order valence-electron chi connectivity index (χ1n) is 6.63. The number of carbonyl (C=O) groups excluding carboxylic acids is 1. The monoisotopic (exact) mass is 327 g/mol. The molecule has 1 amide bonds. The summed E-state index contributed by atoms with van der Waals surface area (Å²) < 4.78 is 26.1. The molecule has 20 heavy (non-hydrogen) atoms. The minimum Gasteiger partial charge on any atom is -0.348 e. The maximum Gasteiger partial charge on any atom is 0.241 e. The van der Waals surface area contributed by atoms with E-state index in [-0.39, 0.29) is 24.4 Å². The average Bonchev–Trinajstić information content (AvgIpc) is 2.36. The predicted molar refractivity (Wildman–Crippen MR) is 82.3 cm³/mol. The Balaban J connectivity index is 0.00000361. The Labute approximate surface area is 128 Å². The van der Waals surface area contributed by atoms with Gasteiger partial charge < -0.3 is 10.6 Å². The molecule has 0 aromatic heterocycles. The Morgan fingerprint density at radius 2 is 1.70 bits per heavy atom. The van der Waals surface area contributed by atoms with Gasteiger partial charge >= 0.3 is 0 Å². The Morgan fingerprint density at radius 3 is 2.05 bits per heavy atom. The smallest absolute Gasteiger partial charge is 0.241 e. The van der Waals surface area contributed by atoms with E-state index >= 15 is 0 Å². The molecule has 1 saturated heterocycles. The van der Waals surface area contributed by atoms with E-state index in [1.807, 2.05) is 6.92 Å². The van der Waals surface area contributed by atoms with Crippen LogP contribution in [-0.2, 0) is 14.8 Å². The lowest BCUT2D eigenvalue weighted by Crippen LogP contribution is -2.49. The van der Waals surface area contributed by atoms with Crippen molar-refractivity contribution in [2.24, 2.45) is 11.7 Å². The Morgan fingerprint density at radius 1 is 1.25 bits per heavy atom. The summed E-state index contributed by atoms with van der Waals surface area (Å²) in [6.07, 6.45) is 1.53. The van der Waals surface area contributed by atoms with Crippen molar-refractivity contribution in [1.29, 1.82) is 0 Å². The van der Waals surface area contributed by atoms with Gasteiger partial charge in [0.05, 0.1) is 0 Å². The van der Waals surface area contributed by atoms with Crippen LogP contribution in [0.5, 0.6) is 0 Å². The predicted octanol–water partition coefficient (Wildman–Crippen LogP) is 0.274. The van der Waals surface area contributed by atoms with Crippen LogP contribution in [0, 0.1) is 5.92 Å². The fourth-order valence-electron chi connectivity index (χ4n) is 2.37. The highest BCUT2D eigenvalue weighted by molar-refractivity contribution is 7.90. The molecule has 6 nitrogen and oxygen atoms in total. The molecule has 0 saturated carbocycles. The van der Waals surface area contributed by atoms with Crippen LogP contribution in [0.4, 0.5) is 0 Å². The number of nitrogens with two attached hydrogens (primary N) is 1. The molecule has 0 bridgehead atoms. The van der Waals surface area contributed by atoms with Crippen LogP contribution < -0.4 is 5.73 Å². The zero-order valence-corrected chi connectivity index (χ0v) is 14.2. The third-order valence-corrected chi connectivity index (χ3v) is 6.02. The lowest BCUT2D eigenvalue weighted by Gasteiger charge is -2.34. The zero-order valence-electron chi connectivity index (χ0n) is 12.6. The molecule has 0 spiro atoms. The first kappa shape index (κ1) is 19.6. The van der Waals surface area contributed by atoms with Gasteiger partial charge in [0.1, 0.15) is 0 Å². The molecule has 2 N–H and O–H groups in total. The van der Waals surface area contributed by atoms with Crippen molar-refractivity contribution in [2.45, 2.75) is 38.0 Å². The van der Waals surface area contributed by atoms with Crippen molar-refractivity contribution in [3.05, 3.63) is 0 Å². The number of carbonyl (C=O) groups is 1. The van der Waals surface area contributed by atoms with E-state index < -0.39 is 15.3 Å². The van der Waals surface area contributed by atoms with Gasteiger partial charge in [0, 0.05) is 33.2 Å². The van der Waals surface area contributed by atoms with Crippen molar-refractivity contribution in [3.63, 3.8) is 0 Å². The number of hydrogen-bond donors (Lipinski definition) is 1. The van der Waals surface area contributed by atoms with Crippen LogP contribution in [0.1, 0.15) is 26.7 Å². The van der Waals surface area contributed by atoms with E-state index in [0.717, 1.165) is 12.8 Å². The zero-order chi connectivity index (χ0) is 14.8. The molecular weight excluding hydrogens is 302 g/mol. The largest absolute Gasteiger partial charge is 0.348 e. The molecule has 0 aromatic carbocycles. The van der Waals surface area contributed by atoms with Crippen molar-refractivity contribution in [3.8, 4) is 0 Å². The number of hydrogen-bond acceptors (Lipinski definition) is 4. The van der Waals surface area contributed by atoms with E-state index in [0.29, 0.717) is 19.0 Å². The Hall–Kier alpha value is -0.370. The van der Waals surface area contributed by atoms with Crippen LogP contribution in [0.15, 0.2) is 0 Å². The van der Waals surface area contributed by atoms with Crippen molar-refractivity contribution in [1.82, 2.24) is 9.21 Å². The van der Waals surface area contributed by atoms with Crippen LogP contribution in [-0.4, -0.2) is 62.0 Å². The minimum atomic E-state index is -3.55. The molecule has 0 aliphatic carbocycles. The number of sulfonamides is 1. The van der Waals surface area contributed by atoms with Crippen LogP contribution in [0.2, 0.25) is 0 Å². The lowest BCUT2D eigenvalue weighted by molar-refractivity contribution is -0.128. The fourth-order valence-corrected chi connectivity index (χ4v) is 4.00. The third-order valence-electron chi connectivity index (χ3n) is 3.84. The number of rotatable bonds is 4. The van der Waals surface area contributed by atoms with Crippen LogP contribution in [0.25, 0.3) is 0 Å². The molecular formula is C12H26ClN3O3S. The van der Waals surface area contributed by atoms with Gasteiger partial charge in [0.15, 0.2) is 5.25 Å². The number of halogens is 1. The summed E-state index contributed by atoms with van der Waals surface area (Å²) in [4.78, 5) is 13.1. The van der Waals surface area contributed by atoms with Crippen LogP contribution in [0.3, 0.4) is 0 Å². The van der Waals surface area contributed by atoms with E-state index in [4.69, 9.17) is 5.73 Å². The number of nitrogens with zero attached hydrogens (tertiary/aromatic N) is 2. The average molecular weight is 328 g/mol. The van der Waals surface area contributed by atoms with Crippen molar-refractivity contribution < 1.29 is 13.2 Å². The SMILES string of the molecule is CC(N)C1CCN(S(=O)(=O)C(C)C(=O)N(C)C)CC1.Cl. The molecule has 2 unspecified atom stereocenters. The van der Waals surface area contributed by atoms with Crippen molar-refractivity contribution >= 4 is 28.3 Å². The first-order chi connectivity index (χ1) is 8.67. The quantitative estimate of drug-likeness (QED) is 0.803. The topological polar surface area (TPSA) is 83.7 Å². The number of piperidine rings is 1. The summed E-state index contributed by atoms with van der Waals surface area (Å²) in [6.45, 7) is 4.32. The molecule has 1 rings (SSSR count). The molecule has 1 aliphatic heterocycles. The van der Waals surface area contributed by atoms with Crippen molar-refractivity contribution in [2.75, 3.05) is 27.2 Å². The molecule has 120 valence electrons. The van der Waals surface area contributed by atoms with E-state index in [1.54, 1.807) is 14.1 Å². The van der Waals surface area contributed by atoms with Gasteiger partial charge in [-0.25, -0.2) is 12.7 Å². The highest BCUT2D eigenvalue weighted by Gasteiger charge is 2.37. The molecule has 0 radical (unpaired) electrons. The summed E-state index contributed by atoms with van der Waals surface area (Å²) in [5.74, 6) is -0.0133. The normalized spacial score (nSPS) is 20.9. The van der Waals surface area contributed by atoms with E-state index in [1.165, 1.54) is 16.1 Å². The third kappa shape index (κ3) is 4.31. The van der Waals surface area contributed by atoms with Crippen LogP contribution >= 0.6 is 12.4 Å². The highest BCUT2D eigenvalue weighted by atomic mass is 35.5. The van der Waals surface area contributed by atoms with E-state index in [2.05, 4.69) is 0 Å². The second kappa shape index (κ2) is 7.59. The van der Waals surface area contributed by atoms with E-state index in [9.17, 15) is 13.2 Å². The second-order valence-electron chi connectivity index (χ2n) is 5.52. The lowest BCUT2D eigenvalue weighted by atomic mass is 9.92. The Bertz CT molecular complexity index is 418. The first-order valence-corrected chi connectivity index (χ1v) is 8.14. The second-order valence-corrected chi connectivity index (χ2v) is 7.77. The fraction of sp³-hybridized carbons (Fsp3) is 0.917. The van der Waals surface area contributed by atoms with Gasteiger partial charge in [-0.15, -0.1) is 12.4 Å². The molecule has 1 aliphatic rings. The van der Waals surface area contributed by atoms with Gasteiger partial charge in [-0.05, 0) is 32.6 Å². The Kier molecular flexibility index (Phi) is 7.44. The molecule has 1 fully saturated rings. The summed E-state index contributed by atoms with van der Waals surface area (Å²) in [5, 5.41) is -1.02.